The molecule has 1 unspecified atom stereocenters. The second-order valence-corrected chi connectivity index (χ2v) is 3.62. The van der Waals surface area contributed by atoms with Gasteiger partial charge in [0.2, 0.25) is 0 Å². The lowest BCUT2D eigenvalue weighted by Gasteiger charge is -2.18. The summed E-state index contributed by atoms with van der Waals surface area (Å²) in [4.78, 5) is 11.2. The lowest BCUT2D eigenvalue weighted by Crippen LogP contribution is -2.10. The Morgan fingerprint density at radius 3 is 2.75 bits per heavy atom. The Kier molecular flexibility index (Phi) is 4.77. The smallest absolute Gasteiger partial charge is 0.330 e. The lowest BCUT2D eigenvalue weighted by atomic mass is 10.0. The number of carbonyl (C=O) groups excluding carboxylic acids is 1. The van der Waals surface area contributed by atoms with Gasteiger partial charge in [-0.05, 0) is 24.5 Å². The maximum absolute atomic E-state index is 11.2. The Hall–Kier alpha value is -1.57. The molecule has 2 heteroatoms. The third-order valence-electron chi connectivity index (χ3n) is 2.38. The van der Waals surface area contributed by atoms with Gasteiger partial charge in [0.15, 0.2) is 0 Å². The van der Waals surface area contributed by atoms with Crippen LogP contribution in [0.1, 0.15) is 37.0 Å². The number of rotatable bonds is 5. The predicted molar refractivity (Wildman–Crippen MR) is 64.8 cm³/mol. The summed E-state index contributed by atoms with van der Waals surface area (Å²) in [7, 11) is 0. The van der Waals surface area contributed by atoms with Crippen LogP contribution in [0.5, 0.6) is 0 Å². The Labute approximate surface area is 96.9 Å². The maximum atomic E-state index is 11.2. The highest BCUT2D eigenvalue weighted by molar-refractivity contribution is 5.81. The van der Waals surface area contributed by atoms with Crippen molar-refractivity contribution in [3.8, 4) is 0 Å². The average molecular weight is 217 g/mol. The monoisotopic (exact) mass is 217 g/mol. The van der Waals surface area contributed by atoms with Crippen LogP contribution < -0.4 is 0 Å². The Morgan fingerprint density at radius 1 is 1.50 bits per heavy atom. The number of benzene rings is 1. The summed E-state index contributed by atoms with van der Waals surface area (Å²) in [6.07, 6.45) is 2.72. The number of ether oxygens (including phenoxy) is 1. The third kappa shape index (κ3) is 3.23. The van der Waals surface area contributed by atoms with E-state index in [0.717, 1.165) is 24.0 Å². The van der Waals surface area contributed by atoms with Gasteiger partial charge < -0.3 is 4.74 Å². The van der Waals surface area contributed by atoms with Crippen molar-refractivity contribution in [1.82, 2.24) is 0 Å². The highest BCUT2D eigenvalue weighted by Gasteiger charge is 2.15. The molecule has 0 fully saturated rings. The fourth-order valence-corrected chi connectivity index (χ4v) is 1.58. The molecule has 16 heavy (non-hydrogen) atoms. The van der Waals surface area contributed by atoms with Crippen molar-refractivity contribution in [2.75, 3.05) is 0 Å². The van der Waals surface area contributed by atoms with Crippen LogP contribution in [0.4, 0.5) is 0 Å². The normalized spacial score (nSPS) is 11.9. The summed E-state index contributed by atoms with van der Waals surface area (Å²) in [5, 5.41) is 0. The van der Waals surface area contributed by atoms with Crippen molar-refractivity contribution >= 4 is 5.97 Å². The van der Waals surface area contributed by atoms with Gasteiger partial charge in [-0.3, -0.25) is 0 Å². The van der Waals surface area contributed by atoms with Crippen LogP contribution in [0.2, 0.25) is 0 Å². The second-order valence-electron chi connectivity index (χ2n) is 3.62. The Morgan fingerprint density at radius 2 is 2.19 bits per heavy atom. The molecular formula is C14H17O2. The third-order valence-corrected chi connectivity index (χ3v) is 2.38. The molecule has 0 aliphatic rings. The fraction of sp³-hybridized carbons (Fsp3) is 0.286. The molecule has 0 heterocycles. The summed E-state index contributed by atoms with van der Waals surface area (Å²) in [5.74, 6) is -0.387. The van der Waals surface area contributed by atoms with Crippen molar-refractivity contribution < 1.29 is 9.53 Å². The van der Waals surface area contributed by atoms with E-state index in [9.17, 15) is 4.79 Å². The van der Waals surface area contributed by atoms with Crippen LogP contribution >= 0.6 is 0 Å². The Balaban J connectivity index is 2.88. The zero-order valence-electron chi connectivity index (χ0n) is 9.61. The molecule has 2 nitrogen and oxygen atoms in total. The van der Waals surface area contributed by atoms with Gasteiger partial charge in [-0.2, -0.15) is 0 Å². The summed E-state index contributed by atoms with van der Waals surface area (Å²) in [6, 6.07) is 7.71. The van der Waals surface area contributed by atoms with E-state index in [2.05, 4.69) is 20.4 Å². The minimum absolute atomic E-state index is 0.218. The van der Waals surface area contributed by atoms with E-state index >= 15 is 0 Å². The first-order chi connectivity index (χ1) is 7.69. The van der Waals surface area contributed by atoms with Crippen LogP contribution in [0, 0.1) is 6.92 Å². The van der Waals surface area contributed by atoms with Crippen molar-refractivity contribution in [1.29, 1.82) is 0 Å². The van der Waals surface area contributed by atoms with E-state index in [1.165, 1.54) is 6.08 Å². The minimum Gasteiger partial charge on any atom is -0.454 e. The topological polar surface area (TPSA) is 26.3 Å². The van der Waals surface area contributed by atoms with Crippen LogP contribution in [-0.4, -0.2) is 5.97 Å². The minimum atomic E-state index is -0.387. The number of hydrogen-bond donors (Lipinski definition) is 0. The van der Waals surface area contributed by atoms with E-state index in [-0.39, 0.29) is 12.1 Å². The average Bonchev–Trinajstić information content (AvgIpc) is 2.29. The van der Waals surface area contributed by atoms with E-state index < -0.39 is 0 Å². The zero-order valence-corrected chi connectivity index (χ0v) is 9.61. The van der Waals surface area contributed by atoms with Crippen LogP contribution in [0.3, 0.4) is 0 Å². The van der Waals surface area contributed by atoms with E-state index in [0.29, 0.717) is 0 Å². The van der Waals surface area contributed by atoms with E-state index in [1.54, 1.807) is 0 Å². The molecule has 0 aliphatic carbocycles. The summed E-state index contributed by atoms with van der Waals surface area (Å²) >= 11 is 0. The van der Waals surface area contributed by atoms with Crippen molar-refractivity contribution in [2.45, 2.75) is 25.9 Å². The zero-order chi connectivity index (χ0) is 12.0. The van der Waals surface area contributed by atoms with Gasteiger partial charge in [0, 0.05) is 6.08 Å². The first-order valence-corrected chi connectivity index (χ1v) is 5.43. The van der Waals surface area contributed by atoms with Gasteiger partial charge in [0.25, 0.3) is 0 Å². The first kappa shape index (κ1) is 12.5. The molecule has 1 aromatic carbocycles. The van der Waals surface area contributed by atoms with Gasteiger partial charge in [0.1, 0.15) is 6.10 Å². The molecule has 0 saturated carbocycles. The molecule has 0 amide bonds. The van der Waals surface area contributed by atoms with Crippen LogP contribution in [0.25, 0.3) is 0 Å². The molecule has 1 radical (unpaired) electrons. The van der Waals surface area contributed by atoms with Crippen molar-refractivity contribution in [3.05, 3.63) is 55.0 Å². The van der Waals surface area contributed by atoms with Gasteiger partial charge in [-0.1, -0.05) is 44.2 Å². The summed E-state index contributed by atoms with van der Waals surface area (Å²) in [5.41, 5.74) is 1.87. The van der Waals surface area contributed by atoms with E-state index in [1.807, 2.05) is 24.3 Å². The van der Waals surface area contributed by atoms with Gasteiger partial charge in [-0.25, -0.2) is 4.79 Å². The predicted octanol–water partition coefficient (Wildman–Crippen LogP) is 3.44. The van der Waals surface area contributed by atoms with Gasteiger partial charge in [0.05, 0.1) is 0 Å². The maximum Gasteiger partial charge on any atom is 0.330 e. The fourth-order valence-electron chi connectivity index (χ4n) is 1.58. The summed E-state index contributed by atoms with van der Waals surface area (Å²) in [6.45, 7) is 9.40. The lowest BCUT2D eigenvalue weighted by molar-refractivity contribution is -0.143. The quantitative estimate of drug-likeness (QED) is 0.558. The number of esters is 1. The SMILES string of the molecule is [CH2]c1ccccc1C(CCC)OC(=O)C=C. The number of hydrogen-bond acceptors (Lipinski definition) is 2. The van der Waals surface area contributed by atoms with Crippen molar-refractivity contribution in [2.24, 2.45) is 0 Å². The van der Waals surface area contributed by atoms with Crippen molar-refractivity contribution in [3.63, 3.8) is 0 Å². The number of carbonyl (C=O) groups is 1. The molecule has 0 spiro atoms. The first-order valence-electron chi connectivity index (χ1n) is 5.43. The molecule has 1 aromatic rings. The second kappa shape index (κ2) is 6.11. The van der Waals surface area contributed by atoms with Crippen LogP contribution in [0.15, 0.2) is 36.9 Å². The summed E-state index contributed by atoms with van der Waals surface area (Å²) < 4.78 is 5.31. The van der Waals surface area contributed by atoms with Gasteiger partial charge >= 0.3 is 5.97 Å². The molecule has 1 atom stereocenters. The molecule has 0 aromatic heterocycles. The van der Waals surface area contributed by atoms with E-state index in [4.69, 9.17) is 4.74 Å². The molecule has 0 aliphatic heterocycles. The van der Waals surface area contributed by atoms with Gasteiger partial charge in [-0.15, -0.1) is 0 Å². The molecule has 0 N–H and O–H groups in total. The highest BCUT2D eigenvalue weighted by atomic mass is 16.5. The standard InChI is InChI=1S/C14H17O2/c1-4-8-13(16-14(15)5-2)12-10-7-6-9-11(12)3/h5-7,9-10,13H,2-4,8H2,1H3. The molecular weight excluding hydrogens is 200 g/mol. The van der Waals surface area contributed by atoms with Crippen LogP contribution in [-0.2, 0) is 9.53 Å². The molecule has 0 saturated heterocycles. The highest BCUT2D eigenvalue weighted by Crippen LogP contribution is 2.25. The molecule has 0 bridgehead atoms. The molecule has 1 rings (SSSR count). The molecule has 85 valence electrons. The Bertz CT molecular complexity index is 369. The largest absolute Gasteiger partial charge is 0.454 e.